The topological polar surface area (TPSA) is 363 Å². The highest BCUT2D eigenvalue weighted by molar-refractivity contribution is 6.00. The number of hydrogen-bond donors (Lipinski definition) is 10. The maximum atomic E-state index is 14.3. The summed E-state index contributed by atoms with van der Waals surface area (Å²) in [4.78, 5) is 109. The van der Waals surface area contributed by atoms with Gasteiger partial charge in [0, 0.05) is 78.8 Å². The van der Waals surface area contributed by atoms with Crippen molar-refractivity contribution in [3.63, 3.8) is 0 Å². The molecule has 2 aliphatic heterocycles. The number of aromatic nitrogens is 3. The third-order valence-corrected chi connectivity index (χ3v) is 17.0. The van der Waals surface area contributed by atoms with Gasteiger partial charge < -0.3 is 70.8 Å². The molecule has 7 rings (SSSR count). The first-order valence-corrected chi connectivity index (χ1v) is 31.7. The Hall–Kier alpha value is -9.08. The second kappa shape index (κ2) is 31.9. The molecule has 2 aliphatic rings. The van der Waals surface area contributed by atoms with Gasteiger partial charge in [0.15, 0.2) is 6.10 Å². The molecule has 0 bridgehead atoms. The molecule has 6 amide bonds. The molecule has 8 atom stereocenters. The Labute approximate surface area is 552 Å². The summed E-state index contributed by atoms with van der Waals surface area (Å²) in [6.07, 6.45) is -8.10. The molecular formula is C69H90N10O16. The van der Waals surface area contributed by atoms with Crippen molar-refractivity contribution in [2.45, 2.75) is 181 Å². The molecule has 3 heterocycles. The molecule has 4 aromatic carbocycles. The highest BCUT2D eigenvalue weighted by atomic mass is 16.7. The van der Waals surface area contributed by atoms with Crippen LogP contribution in [0.15, 0.2) is 103 Å². The lowest BCUT2D eigenvalue weighted by molar-refractivity contribution is -0.271. The molecule has 1 saturated heterocycles. The standard InChI is InChI=1S/C69H90N10O16/c1-38(2)49(32-40(5)64(88)89)77(12)63(87)61(68(6,7)8)74-62(86)60(70-11)69(9,10)44-21-19-22-45(34-44)73-67(92)93-37-41-28-29-50(94-66-58(85)56(83)57(84)59(95-66)65(90)91)43(33-41)35-72-52(81)30-31-71-51(80)26-17-18-27-53(82)78-36-42-20-13-14-23-46(42)54-55(79(39(3)4)76-75-54)47-24-15-16-25-48(47)78/h13-16,19-25,28-29,32-34,38-39,49,56-61,66,70,83-85H,17-18,26-27,30-31,35-37H2,1-12H3,(H,71,80)(H,72,81)(H,73,92)(H,74,86)(H,88,89)(H,90,91)/b40-32+/t49-,56+,57+,58-,59+,60-,61-,66-/m1/s1. The van der Waals surface area contributed by atoms with Gasteiger partial charge in [0.25, 0.3) is 0 Å². The van der Waals surface area contributed by atoms with Crippen molar-refractivity contribution in [3.8, 4) is 28.3 Å². The number of amides is 6. The second-order valence-electron chi connectivity index (χ2n) is 26.2. The van der Waals surface area contributed by atoms with Gasteiger partial charge in [-0.1, -0.05) is 120 Å². The summed E-state index contributed by atoms with van der Waals surface area (Å²) < 4.78 is 18.8. The summed E-state index contributed by atoms with van der Waals surface area (Å²) in [5, 5.41) is 74.2. The summed E-state index contributed by atoms with van der Waals surface area (Å²) in [5.74, 6) is -4.78. The Balaban J connectivity index is 0.954. The maximum Gasteiger partial charge on any atom is 0.411 e. The number of rotatable bonds is 27. The molecule has 10 N–H and O–H groups in total. The largest absolute Gasteiger partial charge is 0.479 e. The van der Waals surface area contributed by atoms with Crippen molar-refractivity contribution in [1.29, 1.82) is 0 Å². The number of aliphatic hydroxyl groups is 3. The zero-order chi connectivity index (χ0) is 69.8. The van der Waals surface area contributed by atoms with E-state index in [0.29, 0.717) is 36.2 Å². The number of nitrogens with one attached hydrogen (secondary N) is 5. The van der Waals surface area contributed by atoms with Gasteiger partial charge in [0.1, 0.15) is 42.4 Å². The van der Waals surface area contributed by atoms with Crippen LogP contribution in [-0.2, 0) is 68.1 Å². The fourth-order valence-corrected chi connectivity index (χ4v) is 11.6. The fourth-order valence-electron chi connectivity index (χ4n) is 11.6. The number of anilines is 2. The smallest absolute Gasteiger partial charge is 0.411 e. The summed E-state index contributed by atoms with van der Waals surface area (Å²) in [7, 11) is 3.20. The third-order valence-electron chi connectivity index (χ3n) is 17.0. The van der Waals surface area contributed by atoms with E-state index < -0.39 is 95.4 Å². The van der Waals surface area contributed by atoms with Crippen molar-refractivity contribution in [2.24, 2.45) is 11.3 Å². The fraction of sp³-hybridized carbons (Fsp3) is 0.478. The first-order valence-electron chi connectivity index (χ1n) is 31.7. The van der Waals surface area contributed by atoms with Crippen molar-refractivity contribution < 1.29 is 78.1 Å². The number of aliphatic carboxylic acids is 2. The van der Waals surface area contributed by atoms with Crippen LogP contribution in [-0.4, -0.2) is 162 Å². The van der Waals surface area contributed by atoms with Crippen LogP contribution in [0, 0.1) is 11.3 Å². The number of carbonyl (C=O) groups is 8. The number of benzene rings is 4. The van der Waals surface area contributed by atoms with Gasteiger partial charge in [0.2, 0.25) is 35.8 Å². The van der Waals surface area contributed by atoms with E-state index in [1.165, 1.54) is 36.1 Å². The van der Waals surface area contributed by atoms with Crippen molar-refractivity contribution >= 4 is 58.9 Å². The van der Waals surface area contributed by atoms with E-state index in [1.54, 1.807) is 43.3 Å². The Morgan fingerprint density at radius 1 is 0.789 bits per heavy atom. The minimum atomic E-state index is -1.99. The molecule has 0 saturated carbocycles. The third kappa shape index (κ3) is 18.0. The lowest BCUT2D eigenvalue weighted by Gasteiger charge is -2.40. The van der Waals surface area contributed by atoms with Crippen LogP contribution >= 0.6 is 0 Å². The number of carbonyl (C=O) groups excluding carboxylic acids is 6. The van der Waals surface area contributed by atoms with Gasteiger partial charge in [-0.2, -0.15) is 0 Å². The molecule has 512 valence electrons. The Morgan fingerprint density at radius 2 is 1.46 bits per heavy atom. The molecule has 26 heteroatoms. The second-order valence-corrected chi connectivity index (χ2v) is 26.2. The van der Waals surface area contributed by atoms with Crippen molar-refractivity contribution in [3.05, 3.63) is 125 Å². The average Bonchev–Trinajstić information content (AvgIpc) is 1.70. The van der Waals surface area contributed by atoms with E-state index in [4.69, 9.17) is 14.2 Å². The van der Waals surface area contributed by atoms with Crippen molar-refractivity contribution in [2.75, 3.05) is 30.9 Å². The van der Waals surface area contributed by atoms with Crippen LogP contribution in [0.25, 0.3) is 22.5 Å². The minimum Gasteiger partial charge on any atom is -0.479 e. The molecule has 26 nitrogen and oxygen atoms in total. The highest BCUT2D eigenvalue weighted by Gasteiger charge is 2.49. The molecule has 0 aliphatic carbocycles. The number of nitrogens with zero attached hydrogens (tertiary/aromatic N) is 5. The summed E-state index contributed by atoms with van der Waals surface area (Å²) >= 11 is 0. The number of ether oxygens (including phenoxy) is 3. The minimum absolute atomic E-state index is 0.000143. The van der Waals surface area contributed by atoms with Crippen LogP contribution in [0.5, 0.6) is 5.75 Å². The highest BCUT2D eigenvalue weighted by Crippen LogP contribution is 2.42. The summed E-state index contributed by atoms with van der Waals surface area (Å²) in [6.45, 7) is 18.0. The van der Waals surface area contributed by atoms with Crippen LogP contribution in [0.3, 0.4) is 0 Å². The van der Waals surface area contributed by atoms with E-state index in [0.717, 1.165) is 33.8 Å². The normalized spacial score (nSPS) is 18.1. The summed E-state index contributed by atoms with van der Waals surface area (Å²) in [5.41, 5.74) is 4.80. The molecule has 0 unspecified atom stereocenters. The van der Waals surface area contributed by atoms with Crippen LogP contribution in [0.4, 0.5) is 16.2 Å². The molecular weight excluding hydrogens is 1220 g/mol. The van der Waals surface area contributed by atoms with Gasteiger partial charge in [-0.25, -0.2) is 19.1 Å². The molecule has 1 aromatic heterocycles. The van der Waals surface area contributed by atoms with E-state index in [1.807, 2.05) is 116 Å². The maximum absolute atomic E-state index is 14.3. The van der Waals surface area contributed by atoms with Crippen LogP contribution < -0.4 is 36.2 Å². The number of para-hydroxylation sites is 1. The number of aliphatic hydroxyl groups excluding tert-OH is 3. The quantitative estimate of drug-likeness (QED) is 0.0202. The Bertz CT molecular complexity index is 3630. The molecule has 0 radical (unpaired) electrons. The zero-order valence-electron chi connectivity index (χ0n) is 55.8. The number of unbranched alkanes of at least 4 members (excludes halogenated alkanes) is 1. The van der Waals surface area contributed by atoms with Crippen LogP contribution in [0.2, 0.25) is 0 Å². The Morgan fingerprint density at radius 3 is 2.13 bits per heavy atom. The number of fused-ring (bicyclic) bond motifs is 5. The van der Waals surface area contributed by atoms with E-state index in [2.05, 4.69) is 36.9 Å². The van der Waals surface area contributed by atoms with Gasteiger partial charge in [-0.15, -0.1) is 5.10 Å². The van der Waals surface area contributed by atoms with Crippen molar-refractivity contribution in [1.82, 2.24) is 41.2 Å². The van der Waals surface area contributed by atoms with E-state index >= 15 is 0 Å². The molecule has 1 fully saturated rings. The van der Waals surface area contributed by atoms with E-state index in [9.17, 15) is 63.9 Å². The van der Waals surface area contributed by atoms with Gasteiger partial charge in [-0.05, 0) is 99.0 Å². The number of hydrogen-bond acceptors (Lipinski definition) is 17. The first-order chi connectivity index (χ1) is 44.8. The predicted octanol–water partition coefficient (Wildman–Crippen LogP) is 6.35. The van der Waals surface area contributed by atoms with Gasteiger partial charge in [0.05, 0.1) is 30.0 Å². The SMILES string of the molecule is CN[C@H](C(=O)N[C@H](C(=O)N(C)[C@H](/C=C(\C)C(=O)O)C(C)C)C(C)(C)C)C(C)(C)c1cccc(NC(=O)OCc2ccc(O[C@@H]3O[C@H](C(=O)O)[C@@H](O)[C@H](O)[C@H]3O)c(CNC(=O)CCNC(=O)CCCCC(=O)N3Cc4ccccc4-c4nnn(C(C)C)c4-c4ccccc43)c2)c1. The zero-order valence-corrected chi connectivity index (χ0v) is 55.8. The lowest BCUT2D eigenvalue weighted by Crippen LogP contribution is -2.61. The Kier molecular flexibility index (Phi) is 24.6. The number of likely N-dealkylation sites (N-methyl/N-ethyl adjacent to an activating group) is 2. The molecule has 0 spiro atoms. The molecule has 5 aromatic rings. The van der Waals surface area contributed by atoms with E-state index in [-0.39, 0.29) is 79.6 Å². The monoisotopic (exact) mass is 1310 g/mol. The predicted molar refractivity (Wildman–Crippen MR) is 352 cm³/mol. The van der Waals surface area contributed by atoms with Gasteiger partial charge >= 0.3 is 18.0 Å². The van der Waals surface area contributed by atoms with Gasteiger partial charge in [-0.3, -0.25) is 29.3 Å². The average molecular weight is 1320 g/mol. The lowest BCUT2D eigenvalue weighted by atomic mass is 9.76. The van der Waals surface area contributed by atoms with Crippen LogP contribution in [0.1, 0.15) is 130 Å². The molecule has 95 heavy (non-hydrogen) atoms. The summed E-state index contributed by atoms with van der Waals surface area (Å²) in [6, 6.07) is 24.1. The first kappa shape index (κ1) is 73.3. The number of carboxylic acids is 2. The number of carboxylic acid groups (broad SMARTS) is 2.